The van der Waals surface area contributed by atoms with E-state index in [4.69, 9.17) is 4.74 Å². The highest BCUT2D eigenvalue weighted by molar-refractivity contribution is 6.04. The summed E-state index contributed by atoms with van der Waals surface area (Å²) in [5.41, 5.74) is 1.83. The predicted octanol–water partition coefficient (Wildman–Crippen LogP) is 2.06. The Bertz CT molecular complexity index is 1050. The summed E-state index contributed by atoms with van der Waals surface area (Å²) in [6.45, 7) is 6.44. The number of aliphatic hydroxyl groups excluding tert-OH is 1. The fourth-order valence-electron chi connectivity index (χ4n) is 3.46. The van der Waals surface area contributed by atoms with Gasteiger partial charge in [0.15, 0.2) is 5.82 Å². The first-order valence-corrected chi connectivity index (χ1v) is 10.9. The van der Waals surface area contributed by atoms with Gasteiger partial charge < -0.3 is 20.5 Å². The van der Waals surface area contributed by atoms with Crippen LogP contribution >= 0.6 is 0 Å². The maximum atomic E-state index is 13.5. The van der Waals surface area contributed by atoms with Gasteiger partial charge in [-0.15, -0.1) is 0 Å². The Labute approximate surface area is 192 Å². The molecule has 0 radical (unpaired) electrons. The summed E-state index contributed by atoms with van der Waals surface area (Å²) in [5, 5.41) is 16.6. The van der Waals surface area contributed by atoms with Crippen LogP contribution in [0, 0.1) is 5.82 Å². The second kappa shape index (κ2) is 11.1. The monoisotopic (exact) mass is 453 g/mol. The fourth-order valence-corrected chi connectivity index (χ4v) is 3.46. The molecule has 1 aromatic carbocycles. The van der Waals surface area contributed by atoms with Gasteiger partial charge >= 0.3 is 0 Å². The van der Waals surface area contributed by atoms with Crippen molar-refractivity contribution in [2.45, 2.75) is 13.0 Å². The number of ether oxygens (including phenoxy) is 1. The summed E-state index contributed by atoms with van der Waals surface area (Å²) in [5.74, 6) is 1.41. The zero-order chi connectivity index (χ0) is 23.0. The van der Waals surface area contributed by atoms with E-state index < -0.39 is 6.10 Å². The van der Waals surface area contributed by atoms with E-state index in [1.54, 1.807) is 24.3 Å². The molecule has 1 aromatic heterocycles. The minimum absolute atomic E-state index is 0.286. The maximum absolute atomic E-state index is 13.5. The number of anilines is 2. The molecule has 0 spiro atoms. The van der Waals surface area contributed by atoms with Gasteiger partial charge in [-0.25, -0.2) is 4.39 Å². The number of aliphatic hydroxyl groups is 1. The van der Waals surface area contributed by atoms with E-state index in [1.807, 2.05) is 13.0 Å². The molecule has 2 aromatic rings. The van der Waals surface area contributed by atoms with Gasteiger partial charge in [0.05, 0.1) is 25.9 Å². The summed E-state index contributed by atoms with van der Waals surface area (Å²) >= 11 is 0. The van der Waals surface area contributed by atoms with Crippen LogP contribution in [0.3, 0.4) is 0 Å². The number of nitrogens with zero attached hydrogens (tertiary/aromatic N) is 5. The zero-order valence-corrected chi connectivity index (χ0v) is 18.5. The topological polar surface area (TPSA) is 108 Å². The minimum atomic E-state index is -0.590. The van der Waals surface area contributed by atoms with Crippen molar-refractivity contribution < 1.29 is 14.2 Å². The summed E-state index contributed by atoms with van der Waals surface area (Å²) in [6, 6.07) is 6.26. The number of rotatable bonds is 8. The molecular formula is C23H28FN7O2. The summed E-state index contributed by atoms with van der Waals surface area (Å²) in [4.78, 5) is 19.8. The number of hydrogen-bond donors (Lipinski definition) is 3. The standard InChI is InChI=1S/C23H28FN7O2/c1-16-11-21(25-13-16)29-23-28-20(6-5-17-3-2-4-18(24)12-17)27-22(30-23)26-14-19(32)15-31-7-9-33-10-8-31/h2-6,11-12,19,32H,7-10,13-15H2,1H3,(H2,25,26,27,28,29,30)/b6-5+. The van der Waals surface area contributed by atoms with Crippen LogP contribution < -0.4 is 10.6 Å². The van der Waals surface area contributed by atoms with Crippen molar-refractivity contribution in [3.8, 4) is 0 Å². The van der Waals surface area contributed by atoms with Crippen LogP contribution in [0.2, 0.25) is 0 Å². The Kier molecular flexibility index (Phi) is 7.71. The quantitative estimate of drug-likeness (QED) is 0.558. The number of halogens is 1. The highest BCUT2D eigenvalue weighted by Gasteiger charge is 2.16. The number of benzene rings is 1. The van der Waals surface area contributed by atoms with Crippen molar-refractivity contribution in [2.24, 2.45) is 4.99 Å². The minimum Gasteiger partial charge on any atom is -0.390 e. The molecule has 0 amide bonds. The number of aromatic nitrogens is 3. The van der Waals surface area contributed by atoms with Crippen LogP contribution in [0.4, 0.5) is 16.3 Å². The Morgan fingerprint density at radius 2 is 2.00 bits per heavy atom. The van der Waals surface area contributed by atoms with E-state index in [-0.39, 0.29) is 12.4 Å². The van der Waals surface area contributed by atoms with Crippen LogP contribution in [0.15, 0.2) is 40.9 Å². The molecule has 2 aliphatic rings. The molecule has 3 N–H and O–H groups in total. The molecular weight excluding hydrogens is 425 g/mol. The molecule has 0 aliphatic carbocycles. The lowest BCUT2D eigenvalue weighted by atomic mass is 10.2. The van der Waals surface area contributed by atoms with Gasteiger partial charge in [-0.05, 0) is 42.3 Å². The summed E-state index contributed by atoms with van der Waals surface area (Å²) in [7, 11) is 0. The van der Waals surface area contributed by atoms with Crippen molar-refractivity contribution >= 4 is 29.9 Å². The molecule has 174 valence electrons. The fraction of sp³-hybridized carbons (Fsp3) is 0.391. The van der Waals surface area contributed by atoms with E-state index in [0.717, 1.165) is 18.7 Å². The predicted molar refractivity (Wildman–Crippen MR) is 127 cm³/mol. The first-order chi connectivity index (χ1) is 16.0. The number of β-amino-alcohol motifs (C(OH)–C–C–N with tert-alkyl or cyclic N) is 1. The van der Waals surface area contributed by atoms with Gasteiger partial charge in [-0.3, -0.25) is 9.89 Å². The van der Waals surface area contributed by atoms with Crippen LogP contribution in [-0.4, -0.2) is 82.8 Å². The average molecular weight is 454 g/mol. The Morgan fingerprint density at radius 3 is 2.76 bits per heavy atom. The van der Waals surface area contributed by atoms with E-state index >= 15 is 0 Å². The lowest BCUT2D eigenvalue weighted by Crippen LogP contribution is -2.42. The lowest BCUT2D eigenvalue weighted by Gasteiger charge is -2.28. The van der Waals surface area contributed by atoms with Gasteiger partial charge in [0.1, 0.15) is 11.7 Å². The summed E-state index contributed by atoms with van der Waals surface area (Å²) < 4.78 is 18.8. The van der Waals surface area contributed by atoms with Gasteiger partial charge in [0, 0.05) is 26.2 Å². The summed E-state index contributed by atoms with van der Waals surface area (Å²) in [6.07, 6.45) is 4.77. The van der Waals surface area contributed by atoms with Crippen LogP contribution in [0.1, 0.15) is 18.3 Å². The van der Waals surface area contributed by atoms with E-state index in [1.165, 1.54) is 12.1 Å². The molecule has 1 atom stereocenters. The van der Waals surface area contributed by atoms with Crippen LogP contribution in [0.5, 0.6) is 0 Å². The second-order valence-corrected chi connectivity index (χ2v) is 7.99. The van der Waals surface area contributed by atoms with Crippen molar-refractivity contribution in [3.63, 3.8) is 0 Å². The van der Waals surface area contributed by atoms with Crippen molar-refractivity contribution in [1.82, 2.24) is 19.9 Å². The third kappa shape index (κ3) is 7.14. The van der Waals surface area contributed by atoms with Gasteiger partial charge in [-0.1, -0.05) is 18.2 Å². The number of nitrogens with one attached hydrogen (secondary N) is 2. The second-order valence-electron chi connectivity index (χ2n) is 7.99. The molecule has 1 saturated heterocycles. The van der Waals surface area contributed by atoms with Crippen LogP contribution in [0.25, 0.3) is 12.2 Å². The number of aliphatic imine (C=N–C) groups is 1. The Morgan fingerprint density at radius 1 is 1.18 bits per heavy atom. The van der Waals surface area contributed by atoms with E-state index in [9.17, 15) is 9.50 Å². The first kappa shape index (κ1) is 23.0. The molecule has 10 heteroatoms. The number of morpholine rings is 1. The molecule has 2 aliphatic heterocycles. The molecule has 1 unspecified atom stereocenters. The molecule has 0 saturated carbocycles. The van der Waals surface area contributed by atoms with Gasteiger partial charge in [0.2, 0.25) is 11.9 Å². The van der Waals surface area contributed by atoms with Crippen LogP contribution in [-0.2, 0) is 4.74 Å². The van der Waals surface area contributed by atoms with Crippen molar-refractivity contribution in [3.05, 3.63) is 53.1 Å². The maximum Gasteiger partial charge on any atom is 0.233 e. The SMILES string of the molecule is CC1=CC(Nc2nc(/C=C/c3cccc(F)c3)nc(NCC(O)CN3CCOCC3)n2)=NC1. The highest BCUT2D eigenvalue weighted by Crippen LogP contribution is 2.13. The van der Waals surface area contributed by atoms with E-state index in [2.05, 4.69) is 35.5 Å². The third-order valence-electron chi connectivity index (χ3n) is 5.12. The lowest BCUT2D eigenvalue weighted by molar-refractivity contribution is 0.0171. The van der Waals surface area contributed by atoms with Gasteiger partial charge in [0.25, 0.3) is 0 Å². The van der Waals surface area contributed by atoms with Crippen molar-refractivity contribution in [2.75, 3.05) is 56.6 Å². The zero-order valence-electron chi connectivity index (χ0n) is 18.5. The molecule has 9 nitrogen and oxygen atoms in total. The largest absolute Gasteiger partial charge is 0.390 e. The molecule has 1 fully saturated rings. The third-order valence-corrected chi connectivity index (χ3v) is 5.12. The molecule has 4 rings (SSSR count). The Balaban J connectivity index is 1.46. The molecule has 0 bridgehead atoms. The van der Waals surface area contributed by atoms with Gasteiger partial charge in [-0.2, -0.15) is 15.0 Å². The first-order valence-electron chi connectivity index (χ1n) is 10.9. The molecule has 33 heavy (non-hydrogen) atoms. The normalized spacial score (nSPS) is 17.7. The number of hydrogen-bond acceptors (Lipinski definition) is 9. The van der Waals surface area contributed by atoms with E-state index in [0.29, 0.717) is 55.4 Å². The number of amidine groups is 1. The Hall–Kier alpha value is -3.21. The highest BCUT2D eigenvalue weighted by atomic mass is 19.1. The molecule has 3 heterocycles. The average Bonchev–Trinajstić information content (AvgIpc) is 3.21. The van der Waals surface area contributed by atoms with Crippen molar-refractivity contribution in [1.29, 1.82) is 0 Å². The smallest absolute Gasteiger partial charge is 0.233 e.